The van der Waals surface area contributed by atoms with Crippen LogP contribution in [0.3, 0.4) is 0 Å². The Bertz CT molecular complexity index is 870. The Kier molecular flexibility index (Phi) is 10.5. The number of hydrogen-bond donors (Lipinski definition) is 4. The van der Waals surface area contributed by atoms with Crippen molar-refractivity contribution < 1.29 is 19.5 Å². The highest BCUT2D eigenvalue weighted by Gasteiger charge is 2.40. The van der Waals surface area contributed by atoms with E-state index in [1.165, 1.54) is 0 Å². The largest absolute Gasteiger partial charge is 0.478 e. The minimum Gasteiger partial charge on any atom is -0.478 e. The van der Waals surface area contributed by atoms with Crippen molar-refractivity contribution in [1.82, 2.24) is 16.0 Å². The molecule has 1 rings (SSSR count). The highest BCUT2D eigenvalue weighted by atomic mass is 16.4. The van der Waals surface area contributed by atoms with Crippen molar-refractivity contribution >= 4 is 17.8 Å². The first kappa shape index (κ1) is 29.4. The molecule has 0 saturated heterocycles. The lowest BCUT2D eigenvalue weighted by molar-refractivity contribution is -0.133. The first-order valence-electron chi connectivity index (χ1n) is 11.9. The number of amides is 2. The number of benzene rings is 1. The highest BCUT2D eigenvalue weighted by molar-refractivity contribution is 5.91. The van der Waals surface area contributed by atoms with E-state index >= 15 is 0 Å². The average Bonchev–Trinajstić information content (AvgIpc) is 2.74. The van der Waals surface area contributed by atoms with Gasteiger partial charge in [0.25, 0.3) is 0 Å². The fourth-order valence-corrected chi connectivity index (χ4v) is 3.96. The number of aliphatic carboxylic acids is 1. The first-order valence-corrected chi connectivity index (χ1v) is 11.9. The number of carboxylic acid groups (broad SMARTS) is 1. The molecule has 0 spiro atoms. The van der Waals surface area contributed by atoms with Gasteiger partial charge in [0, 0.05) is 11.0 Å². The van der Waals surface area contributed by atoms with Gasteiger partial charge in [-0.1, -0.05) is 91.8 Å². The summed E-state index contributed by atoms with van der Waals surface area (Å²) in [7, 11) is 1.73. The predicted molar refractivity (Wildman–Crippen MR) is 136 cm³/mol. The topological polar surface area (TPSA) is 108 Å². The molecule has 0 aliphatic heterocycles. The molecule has 1 aromatic carbocycles. The maximum absolute atomic E-state index is 13.4. The molecule has 0 heterocycles. The molecule has 190 valence electrons. The van der Waals surface area contributed by atoms with Crippen LogP contribution in [0.15, 0.2) is 42.0 Å². The van der Waals surface area contributed by atoms with E-state index in [0.29, 0.717) is 6.42 Å². The van der Waals surface area contributed by atoms with Crippen LogP contribution in [0, 0.1) is 11.3 Å². The fourth-order valence-electron chi connectivity index (χ4n) is 3.96. The summed E-state index contributed by atoms with van der Waals surface area (Å²) in [6, 6.07) is 7.92. The smallest absolute Gasteiger partial charge is 0.331 e. The number of hydrogen-bond acceptors (Lipinski definition) is 4. The van der Waals surface area contributed by atoms with Crippen LogP contribution in [0.1, 0.15) is 67.4 Å². The summed E-state index contributed by atoms with van der Waals surface area (Å²) in [6.07, 6.45) is 1.95. The zero-order valence-corrected chi connectivity index (χ0v) is 22.2. The van der Waals surface area contributed by atoms with Gasteiger partial charge in [-0.25, -0.2) is 4.79 Å². The quantitative estimate of drug-likeness (QED) is 0.367. The third kappa shape index (κ3) is 7.69. The Morgan fingerprint density at radius 1 is 0.941 bits per heavy atom. The van der Waals surface area contributed by atoms with Crippen LogP contribution in [0.4, 0.5) is 0 Å². The van der Waals surface area contributed by atoms with E-state index in [9.17, 15) is 19.5 Å². The number of nitrogens with one attached hydrogen (secondary N) is 3. The molecule has 0 aromatic heterocycles. The second-order valence-electron chi connectivity index (χ2n) is 10.7. The van der Waals surface area contributed by atoms with E-state index in [1.807, 2.05) is 78.8 Å². The summed E-state index contributed by atoms with van der Waals surface area (Å²) in [5.74, 6) is -1.64. The molecule has 0 unspecified atom stereocenters. The molecule has 7 heteroatoms. The van der Waals surface area contributed by atoms with Crippen molar-refractivity contribution in [3.05, 3.63) is 47.5 Å². The average molecular weight is 474 g/mol. The van der Waals surface area contributed by atoms with Crippen molar-refractivity contribution in [1.29, 1.82) is 0 Å². The van der Waals surface area contributed by atoms with Gasteiger partial charge in [-0.15, -0.1) is 0 Å². The van der Waals surface area contributed by atoms with Gasteiger partial charge < -0.3 is 21.1 Å². The predicted octanol–water partition coefficient (Wildman–Crippen LogP) is 3.64. The number of likely N-dealkylation sites (N-methyl/N-ethyl adjacent to an activating group) is 1. The fraction of sp³-hybridized carbons (Fsp3) is 0.593. The molecular formula is C27H43N3O4. The molecule has 0 aliphatic carbocycles. The monoisotopic (exact) mass is 473 g/mol. The summed E-state index contributed by atoms with van der Waals surface area (Å²) in [5.41, 5.74) is 0.155. The summed E-state index contributed by atoms with van der Waals surface area (Å²) in [6.45, 7) is 15.3. The number of carbonyl (C=O) groups is 3. The molecule has 0 bridgehead atoms. The van der Waals surface area contributed by atoms with Crippen LogP contribution in [-0.4, -0.2) is 48.1 Å². The van der Waals surface area contributed by atoms with Gasteiger partial charge in [0.2, 0.25) is 11.8 Å². The molecule has 34 heavy (non-hydrogen) atoms. The van der Waals surface area contributed by atoms with Crippen LogP contribution in [-0.2, 0) is 19.8 Å². The highest BCUT2D eigenvalue weighted by Crippen LogP contribution is 2.28. The van der Waals surface area contributed by atoms with Crippen molar-refractivity contribution in [2.45, 2.75) is 85.4 Å². The summed E-state index contributed by atoms with van der Waals surface area (Å²) >= 11 is 0. The van der Waals surface area contributed by atoms with Gasteiger partial charge in [0.15, 0.2) is 0 Å². The Hall–Kier alpha value is -2.67. The molecule has 0 radical (unpaired) electrons. The molecular weight excluding hydrogens is 430 g/mol. The van der Waals surface area contributed by atoms with Crippen LogP contribution in [0.25, 0.3) is 0 Å². The van der Waals surface area contributed by atoms with Gasteiger partial charge in [-0.05, 0) is 30.4 Å². The summed E-state index contributed by atoms with van der Waals surface area (Å²) < 4.78 is 0. The van der Waals surface area contributed by atoms with E-state index in [1.54, 1.807) is 20.0 Å². The Morgan fingerprint density at radius 2 is 1.47 bits per heavy atom. The maximum atomic E-state index is 13.4. The van der Waals surface area contributed by atoms with Gasteiger partial charge in [-0.3, -0.25) is 9.59 Å². The molecule has 0 saturated carbocycles. The van der Waals surface area contributed by atoms with E-state index in [4.69, 9.17) is 0 Å². The molecule has 0 fully saturated rings. The van der Waals surface area contributed by atoms with Crippen molar-refractivity contribution in [2.24, 2.45) is 11.3 Å². The first-order chi connectivity index (χ1) is 15.7. The summed E-state index contributed by atoms with van der Waals surface area (Å²) in [5, 5.41) is 18.5. The van der Waals surface area contributed by atoms with E-state index in [-0.39, 0.29) is 23.3 Å². The Labute approximate surface area is 204 Å². The van der Waals surface area contributed by atoms with Gasteiger partial charge in [-0.2, -0.15) is 0 Å². The lowest BCUT2D eigenvalue weighted by atomic mass is 9.76. The van der Waals surface area contributed by atoms with Crippen LogP contribution in [0.2, 0.25) is 0 Å². The van der Waals surface area contributed by atoms with Crippen LogP contribution < -0.4 is 16.0 Å². The van der Waals surface area contributed by atoms with E-state index in [0.717, 1.165) is 5.56 Å². The van der Waals surface area contributed by atoms with E-state index < -0.39 is 34.9 Å². The zero-order valence-electron chi connectivity index (χ0n) is 22.2. The Morgan fingerprint density at radius 3 is 1.88 bits per heavy atom. The number of rotatable bonds is 11. The van der Waals surface area contributed by atoms with Crippen molar-refractivity contribution in [2.75, 3.05) is 7.05 Å². The molecule has 2 amide bonds. The van der Waals surface area contributed by atoms with Crippen LogP contribution in [0.5, 0.6) is 0 Å². The van der Waals surface area contributed by atoms with Gasteiger partial charge >= 0.3 is 5.97 Å². The number of carbonyl (C=O) groups excluding carboxylic acids is 2. The normalized spacial score (nSPS) is 15.4. The van der Waals surface area contributed by atoms with Crippen molar-refractivity contribution in [3.63, 3.8) is 0 Å². The lowest BCUT2D eigenvalue weighted by Gasteiger charge is -2.37. The molecule has 7 nitrogen and oxygen atoms in total. The van der Waals surface area contributed by atoms with Gasteiger partial charge in [0.1, 0.15) is 6.04 Å². The summed E-state index contributed by atoms with van der Waals surface area (Å²) in [4.78, 5) is 38.3. The maximum Gasteiger partial charge on any atom is 0.331 e. The Balaban J connectivity index is 3.20. The third-order valence-corrected chi connectivity index (χ3v) is 6.27. The molecule has 1 aromatic rings. The van der Waals surface area contributed by atoms with Crippen molar-refractivity contribution in [3.8, 4) is 0 Å². The standard InChI is InChI=1S/C27H43N3O4/c1-10-18(25(33)34)16-20(17(2)3)29-23(31)21(26(4,5)6)30-24(32)22(28-9)27(7,8)19-14-12-11-13-15-19/h11-17,20-22,28H,10H2,1-9H3,(H,29,31)(H,30,32)(H,33,34)/t20-,21-,22-/m1/s1. The third-order valence-electron chi connectivity index (χ3n) is 6.27. The number of carboxylic acids is 1. The van der Waals surface area contributed by atoms with E-state index in [2.05, 4.69) is 16.0 Å². The second kappa shape index (κ2) is 12.2. The SMILES string of the molecule is CCC(=C[C@@H](NC(=O)[C@@H](NC(=O)[C@@H](NC)C(C)(C)c1ccccc1)C(C)(C)C)C(C)C)C(=O)O. The minimum atomic E-state index is -0.997. The molecule has 0 aliphatic rings. The zero-order chi connectivity index (χ0) is 26.3. The second-order valence-corrected chi connectivity index (χ2v) is 10.7. The molecule has 4 N–H and O–H groups in total. The van der Waals surface area contributed by atoms with Gasteiger partial charge in [0.05, 0.1) is 12.1 Å². The minimum absolute atomic E-state index is 0.0248. The molecule has 3 atom stereocenters. The van der Waals surface area contributed by atoms with Crippen LogP contribution >= 0.6 is 0 Å². The lowest BCUT2D eigenvalue weighted by Crippen LogP contribution is -2.61.